The van der Waals surface area contributed by atoms with Crippen molar-refractivity contribution in [2.24, 2.45) is 0 Å². The topological polar surface area (TPSA) is 75.6 Å². The number of sulfonamides is 1. The summed E-state index contributed by atoms with van der Waals surface area (Å²) in [5.74, 6) is 0.418. The minimum absolute atomic E-state index is 0.0676. The molecule has 0 aromatic heterocycles. The predicted octanol–water partition coefficient (Wildman–Crippen LogP) is 1.54. The van der Waals surface area contributed by atoms with Gasteiger partial charge in [-0.1, -0.05) is 11.6 Å². The van der Waals surface area contributed by atoms with E-state index in [-0.39, 0.29) is 16.5 Å². The first kappa shape index (κ1) is 14.6. The molecule has 1 aliphatic rings. The normalized spacial score (nSPS) is 17.8. The van der Waals surface area contributed by atoms with E-state index >= 15 is 0 Å². The molecule has 1 aliphatic carbocycles. The molecule has 1 aromatic rings. The van der Waals surface area contributed by atoms with Gasteiger partial charge >= 0.3 is 0 Å². The molecule has 1 aromatic carbocycles. The van der Waals surface area contributed by atoms with Gasteiger partial charge in [0.25, 0.3) is 0 Å². The first-order valence-electron chi connectivity index (χ1n) is 5.91. The van der Waals surface area contributed by atoms with E-state index in [0.29, 0.717) is 18.6 Å². The Labute approximate surface area is 117 Å². The van der Waals surface area contributed by atoms with Crippen LogP contribution in [0.5, 0.6) is 5.75 Å². The lowest BCUT2D eigenvalue weighted by atomic mass is 9.78. The Hall–Kier alpha value is -0.820. The maximum absolute atomic E-state index is 12.2. The zero-order valence-corrected chi connectivity index (χ0v) is 12.1. The Balaban J connectivity index is 2.27. The molecule has 0 amide bonds. The van der Waals surface area contributed by atoms with Gasteiger partial charge in [-0.15, -0.1) is 0 Å². The molecule has 0 spiro atoms. The molecule has 0 aliphatic heterocycles. The quantitative estimate of drug-likeness (QED) is 0.865. The minimum atomic E-state index is -3.69. The van der Waals surface area contributed by atoms with Gasteiger partial charge in [0.05, 0.1) is 29.2 Å². The smallest absolute Gasteiger partial charge is 0.241 e. The second-order valence-corrected chi connectivity index (χ2v) is 6.78. The highest BCUT2D eigenvalue weighted by atomic mass is 35.5. The fraction of sp³-hybridized carbons (Fsp3) is 0.500. The fourth-order valence-electron chi connectivity index (χ4n) is 2.05. The van der Waals surface area contributed by atoms with Crippen LogP contribution in [0.4, 0.5) is 0 Å². The maximum Gasteiger partial charge on any atom is 0.241 e. The van der Waals surface area contributed by atoms with Crippen LogP contribution in [0.25, 0.3) is 0 Å². The molecule has 2 rings (SSSR count). The highest BCUT2D eigenvalue weighted by Gasteiger charge is 2.40. The zero-order valence-electron chi connectivity index (χ0n) is 10.5. The van der Waals surface area contributed by atoms with Crippen LogP contribution in [0.1, 0.15) is 19.3 Å². The average Bonchev–Trinajstić information content (AvgIpc) is 2.34. The summed E-state index contributed by atoms with van der Waals surface area (Å²) in [6, 6.07) is 4.27. The molecule has 2 N–H and O–H groups in total. The molecular weight excluding hydrogens is 290 g/mol. The second kappa shape index (κ2) is 5.28. The highest BCUT2D eigenvalue weighted by molar-refractivity contribution is 7.89. The highest BCUT2D eigenvalue weighted by Crippen LogP contribution is 2.34. The number of hydrogen-bond donors (Lipinski definition) is 2. The van der Waals surface area contributed by atoms with Crippen molar-refractivity contribution in [2.75, 3.05) is 13.7 Å². The van der Waals surface area contributed by atoms with Gasteiger partial charge in [-0.05, 0) is 37.5 Å². The Morgan fingerprint density at radius 2 is 2.16 bits per heavy atom. The first-order valence-corrected chi connectivity index (χ1v) is 7.77. The van der Waals surface area contributed by atoms with Crippen molar-refractivity contribution in [1.82, 2.24) is 4.72 Å². The van der Waals surface area contributed by atoms with E-state index in [1.165, 1.54) is 25.3 Å². The second-order valence-electron chi connectivity index (χ2n) is 4.69. The number of hydrogen-bond acceptors (Lipinski definition) is 4. The van der Waals surface area contributed by atoms with Crippen LogP contribution in [0.3, 0.4) is 0 Å². The number of aliphatic hydroxyl groups excluding tert-OH is 1. The van der Waals surface area contributed by atoms with Gasteiger partial charge in [0.2, 0.25) is 10.0 Å². The molecule has 106 valence electrons. The average molecular weight is 306 g/mol. The van der Waals surface area contributed by atoms with E-state index in [2.05, 4.69) is 4.72 Å². The van der Waals surface area contributed by atoms with E-state index in [1.54, 1.807) is 0 Å². The summed E-state index contributed by atoms with van der Waals surface area (Å²) in [7, 11) is -2.23. The van der Waals surface area contributed by atoms with Gasteiger partial charge < -0.3 is 9.84 Å². The van der Waals surface area contributed by atoms with Gasteiger partial charge in [0.15, 0.2) is 0 Å². The largest absolute Gasteiger partial charge is 0.495 e. The van der Waals surface area contributed by atoms with Gasteiger partial charge in [-0.3, -0.25) is 0 Å². The molecular formula is C12H16ClNO4S. The standard InChI is InChI=1S/C12H16ClNO4S/c1-18-11-4-3-9(7-10(11)13)19(16,17)14-12(8-15)5-2-6-12/h3-4,7,14-15H,2,5-6,8H2,1H3. The maximum atomic E-state index is 12.2. The molecule has 19 heavy (non-hydrogen) atoms. The summed E-state index contributed by atoms with van der Waals surface area (Å²) >= 11 is 5.92. The van der Waals surface area contributed by atoms with E-state index in [9.17, 15) is 13.5 Å². The Morgan fingerprint density at radius 1 is 1.47 bits per heavy atom. The third-order valence-electron chi connectivity index (χ3n) is 3.40. The van der Waals surface area contributed by atoms with Crippen molar-refractivity contribution in [3.05, 3.63) is 23.2 Å². The van der Waals surface area contributed by atoms with Crippen LogP contribution in [0.2, 0.25) is 5.02 Å². The fourth-order valence-corrected chi connectivity index (χ4v) is 3.85. The number of methoxy groups -OCH3 is 1. The molecule has 5 nitrogen and oxygen atoms in total. The predicted molar refractivity (Wildman–Crippen MR) is 72.0 cm³/mol. The molecule has 7 heteroatoms. The number of rotatable bonds is 5. The Bertz CT molecular complexity index is 564. The van der Waals surface area contributed by atoms with Crippen molar-refractivity contribution in [2.45, 2.75) is 29.7 Å². The number of halogens is 1. The number of benzene rings is 1. The van der Waals surface area contributed by atoms with E-state index in [4.69, 9.17) is 16.3 Å². The monoisotopic (exact) mass is 305 g/mol. The lowest BCUT2D eigenvalue weighted by molar-refractivity contribution is 0.110. The summed E-state index contributed by atoms with van der Waals surface area (Å²) in [5.41, 5.74) is -0.717. The molecule has 0 saturated heterocycles. The Kier molecular flexibility index (Phi) is 4.06. The van der Waals surface area contributed by atoms with Gasteiger partial charge in [-0.2, -0.15) is 0 Å². The lowest BCUT2D eigenvalue weighted by Crippen LogP contribution is -2.55. The van der Waals surface area contributed by atoms with Crippen molar-refractivity contribution in [1.29, 1.82) is 0 Å². The summed E-state index contributed by atoms with van der Waals surface area (Å²) in [4.78, 5) is 0.0676. The zero-order chi connectivity index (χ0) is 14.1. The van der Waals surface area contributed by atoms with Crippen LogP contribution >= 0.6 is 11.6 Å². The third kappa shape index (κ3) is 2.86. The minimum Gasteiger partial charge on any atom is -0.495 e. The number of ether oxygens (including phenoxy) is 1. The summed E-state index contributed by atoms with van der Waals surface area (Å²) in [6.07, 6.45) is 2.20. The molecule has 0 bridgehead atoms. The van der Waals surface area contributed by atoms with E-state index in [1.807, 2.05) is 0 Å². The van der Waals surface area contributed by atoms with E-state index < -0.39 is 15.6 Å². The number of nitrogens with one attached hydrogen (secondary N) is 1. The van der Waals surface area contributed by atoms with Crippen molar-refractivity contribution >= 4 is 21.6 Å². The molecule has 1 saturated carbocycles. The number of aliphatic hydroxyl groups is 1. The van der Waals surface area contributed by atoms with Crippen molar-refractivity contribution < 1.29 is 18.3 Å². The van der Waals surface area contributed by atoms with Gasteiger partial charge in [0.1, 0.15) is 5.75 Å². The van der Waals surface area contributed by atoms with Gasteiger partial charge in [0, 0.05) is 0 Å². The molecule has 0 heterocycles. The van der Waals surface area contributed by atoms with Crippen LogP contribution in [-0.2, 0) is 10.0 Å². The van der Waals surface area contributed by atoms with Crippen LogP contribution in [-0.4, -0.2) is 32.8 Å². The van der Waals surface area contributed by atoms with Gasteiger partial charge in [-0.25, -0.2) is 13.1 Å². The molecule has 0 unspecified atom stereocenters. The summed E-state index contributed by atoms with van der Waals surface area (Å²) < 4.78 is 32.0. The first-order chi connectivity index (χ1) is 8.92. The van der Waals surface area contributed by atoms with Crippen LogP contribution in [0.15, 0.2) is 23.1 Å². The molecule has 0 radical (unpaired) electrons. The lowest BCUT2D eigenvalue weighted by Gasteiger charge is -2.40. The summed E-state index contributed by atoms with van der Waals surface area (Å²) in [6.45, 7) is -0.198. The van der Waals surface area contributed by atoms with Crippen molar-refractivity contribution in [3.8, 4) is 5.75 Å². The van der Waals surface area contributed by atoms with Crippen LogP contribution in [0, 0.1) is 0 Å². The summed E-state index contributed by atoms with van der Waals surface area (Å²) in [5, 5.41) is 9.54. The SMILES string of the molecule is COc1ccc(S(=O)(=O)NC2(CO)CCC2)cc1Cl. The van der Waals surface area contributed by atoms with Crippen LogP contribution < -0.4 is 9.46 Å². The van der Waals surface area contributed by atoms with E-state index in [0.717, 1.165) is 6.42 Å². The Morgan fingerprint density at radius 3 is 2.58 bits per heavy atom. The third-order valence-corrected chi connectivity index (χ3v) is 5.27. The molecule has 1 fully saturated rings. The molecule has 0 atom stereocenters. The van der Waals surface area contributed by atoms with Crippen molar-refractivity contribution in [3.63, 3.8) is 0 Å².